The number of hydrogen-bond acceptors (Lipinski definition) is 4. The minimum Gasteiger partial charge on any atom is -0.497 e. The van der Waals surface area contributed by atoms with Crippen LogP contribution in [0.25, 0.3) is 0 Å². The number of rotatable bonds is 7. The van der Waals surface area contributed by atoms with Crippen molar-refractivity contribution in [1.82, 2.24) is 9.62 Å². The van der Waals surface area contributed by atoms with E-state index in [1.54, 1.807) is 20.1 Å². The third-order valence-corrected chi connectivity index (χ3v) is 5.77. The molecule has 5 nitrogen and oxygen atoms in total. The molecule has 6 heteroatoms. The molecule has 0 radical (unpaired) electrons. The lowest BCUT2D eigenvalue weighted by atomic mass is 10.1. The summed E-state index contributed by atoms with van der Waals surface area (Å²) in [7, 11) is 1.90. The number of ether oxygens (including phenoxy) is 1. The zero-order valence-electron chi connectivity index (χ0n) is 15.4. The normalized spacial score (nSPS) is 13.0. The van der Waals surface area contributed by atoms with Gasteiger partial charge in [-0.1, -0.05) is 24.3 Å². The summed E-state index contributed by atoms with van der Waals surface area (Å²) in [6.07, 6.45) is 0. The van der Waals surface area contributed by atoms with Gasteiger partial charge in [0, 0.05) is 12.6 Å². The van der Waals surface area contributed by atoms with Gasteiger partial charge < -0.3 is 9.64 Å². The number of methoxy groups -OCH3 is 1. The Balaban J connectivity index is 2.24. The molecule has 0 aliphatic carbocycles. The Morgan fingerprint density at radius 1 is 1.12 bits per heavy atom. The van der Waals surface area contributed by atoms with Crippen molar-refractivity contribution in [3.8, 4) is 5.75 Å². The molecule has 0 saturated carbocycles. The van der Waals surface area contributed by atoms with Crippen LogP contribution in [0.15, 0.2) is 47.4 Å². The van der Waals surface area contributed by atoms with Crippen molar-refractivity contribution in [2.45, 2.75) is 24.8 Å². The Morgan fingerprint density at radius 2 is 1.84 bits per heavy atom. The second kappa shape index (κ2) is 7.99. The standard InChI is InChI=1S/C19H26N2O3S/c1-14-9-10-15(2)19(11-14)25(22,23)20-13-18(21(3)4)16-7-6-8-17(12-16)24-5/h6-12,18,20H,13H2,1-5H3/t18-/m1/s1. The van der Waals surface area contributed by atoms with Crippen LogP contribution in [0, 0.1) is 13.8 Å². The summed E-state index contributed by atoms with van der Waals surface area (Å²) in [6.45, 7) is 3.96. The Hall–Kier alpha value is -1.89. The fraction of sp³-hybridized carbons (Fsp3) is 0.368. The van der Waals surface area contributed by atoms with Gasteiger partial charge in [0.1, 0.15) is 5.75 Å². The van der Waals surface area contributed by atoms with Gasteiger partial charge in [-0.3, -0.25) is 0 Å². The first-order valence-electron chi connectivity index (χ1n) is 8.12. The maximum Gasteiger partial charge on any atom is 0.240 e. The van der Waals surface area contributed by atoms with Gasteiger partial charge in [0.05, 0.1) is 12.0 Å². The smallest absolute Gasteiger partial charge is 0.240 e. The van der Waals surface area contributed by atoms with Crippen LogP contribution in [0.5, 0.6) is 5.75 Å². The fourth-order valence-corrected chi connectivity index (χ4v) is 4.08. The highest BCUT2D eigenvalue weighted by atomic mass is 32.2. The molecule has 1 N–H and O–H groups in total. The summed E-state index contributed by atoms with van der Waals surface area (Å²) >= 11 is 0. The van der Waals surface area contributed by atoms with E-state index in [-0.39, 0.29) is 12.6 Å². The highest BCUT2D eigenvalue weighted by Gasteiger charge is 2.21. The number of nitrogens with zero attached hydrogens (tertiary/aromatic N) is 1. The third-order valence-electron chi connectivity index (χ3n) is 4.20. The molecule has 1 atom stereocenters. The molecule has 0 aliphatic heterocycles. The second-order valence-corrected chi connectivity index (χ2v) is 8.11. The molecule has 0 spiro atoms. The Bertz CT molecular complexity index is 832. The van der Waals surface area contributed by atoms with Gasteiger partial charge in [0.15, 0.2) is 0 Å². The predicted molar refractivity (Wildman–Crippen MR) is 101 cm³/mol. The zero-order valence-corrected chi connectivity index (χ0v) is 16.2. The van der Waals surface area contributed by atoms with E-state index in [1.807, 2.05) is 62.3 Å². The molecule has 0 amide bonds. The average molecular weight is 362 g/mol. The first-order chi connectivity index (χ1) is 11.7. The molecule has 136 valence electrons. The molecule has 0 saturated heterocycles. The van der Waals surface area contributed by atoms with Crippen molar-refractivity contribution in [2.24, 2.45) is 0 Å². The molecule has 0 aromatic heterocycles. The summed E-state index contributed by atoms with van der Waals surface area (Å²) in [6, 6.07) is 13.0. The van der Waals surface area contributed by atoms with Crippen molar-refractivity contribution in [2.75, 3.05) is 27.7 Å². The quantitative estimate of drug-likeness (QED) is 0.823. The van der Waals surface area contributed by atoms with Gasteiger partial charge in [-0.25, -0.2) is 13.1 Å². The van der Waals surface area contributed by atoms with Crippen LogP contribution in [0.2, 0.25) is 0 Å². The summed E-state index contributed by atoms with van der Waals surface area (Å²) in [4.78, 5) is 2.32. The maximum atomic E-state index is 12.7. The predicted octanol–water partition coefficient (Wildman–Crippen LogP) is 2.89. The monoisotopic (exact) mass is 362 g/mol. The molecule has 0 aliphatic rings. The van der Waals surface area contributed by atoms with Gasteiger partial charge in [-0.15, -0.1) is 0 Å². The van der Waals surface area contributed by atoms with Crippen molar-refractivity contribution in [1.29, 1.82) is 0 Å². The highest BCUT2D eigenvalue weighted by Crippen LogP contribution is 2.23. The minimum absolute atomic E-state index is 0.102. The Kier molecular flexibility index (Phi) is 6.21. The molecule has 2 aromatic carbocycles. The minimum atomic E-state index is -3.57. The van der Waals surface area contributed by atoms with E-state index in [1.165, 1.54) is 0 Å². The summed E-state index contributed by atoms with van der Waals surface area (Å²) < 4.78 is 33.5. The van der Waals surface area contributed by atoms with Crippen molar-refractivity contribution in [3.63, 3.8) is 0 Å². The van der Waals surface area contributed by atoms with Crippen molar-refractivity contribution >= 4 is 10.0 Å². The van der Waals surface area contributed by atoms with Gasteiger partial charge >= 0.3 is 0 Å². The van der Waals surface area contributed by atoms with E-state index in [4.69, 9.17) is 4.74 Å². The van der Waals surface area contributed by atoms with Crippen LogP contribution in [0.3, 0.4) is 0 Å². The lowest BCUT2D eigenvalue weighted by Crippen LogP contribution is -2.34. The van der Waals surface area contributed by atoms with Crippen molar-refractivity contribution in [3.05, 3.63) is 59.2 Å². The SMILES string of the molecule is COc1cccc([C@@H](CNS(=O)(=O)c2cc(C)ccc2C)N(C)C)c1. The lowest BCUT2D eigenvalue weighted by Gasteiger charge is -2.25. The molecular formula is C19H26N2O3S. The Labute approximate surface area is 150 Å². The second-order valence-electron chi connectivity index (χ2n) is 6.38. The molecule has 2 rings (SSSR count). The van der Waals surface area contributed by atoms with E-state index in [0.717, 1.165) is 22.4 Å². The van der Waals surface area contributed by atoms with E-state index < -0.39 is 10.0 Å². The number of benzene rings is 2. The molecule has 0 bridgehead atoms. The van der Waals surface area contributed by atoms with E-state index in [0.29, 0.717) is 4.90 Å². The molecule has 0 fully saturated rings. The van der Waals surface area contributed by atoms with E-state index >= 15 is 0 Å². The first-order valence-corrected chi connectivity index (χ1v) is 9.60. The number of aryl methyl sites for hydroxylation is 2. The molecule has 0 heterocycles. The zero-order chi connectivity index (χ0) is 18.6. The molecule has 0 unspecified atom stereocenters. The van der Waals surface area contributed by atoms with Crippen LogP contribution >= 0.6 is 0 Å². The van der Waals surface area contributed by atoms with E-state index in [2.05, 4.69) is 4.72 Å². The number of nitrogens with one attached hydrogen (secondary N) is 1. The highest BCUT2D eigenvalue weighted by molar-refractivity contribution is 7.89. The third kappa shape index (κ3) is 4.81. The van der Waals surface area contributed by atoms with Crippen LogP contribution in [-0.4, -0.2) is 41.1 Å². The Morgan fingerprint density at radius 3 is 2.48 bits per heavy atom. The van der Waals surface area contributed by atoms with Crippen molar-refractivity contribution < 1.29 is 13.2 Å². The average Bonchev–Trinajstić information content (AvgIpc) is 2.57. The van der Waals surface area contributed by atoms with Gasteiger partial charge in [-0.2, -0.15) is 0 Å². The van der Waals surface area contributed by atoms with Gasteiger partial charge in [-0.05, 0) is 62.8 Å². The fourth-order valence-electron chi connectivity index (χ4n) is 2.71. The molecule has 25 heavy (non-hydrogen) atoms. The number of hydrogen-bond donors (Lipinski definition) is 1. The maximum absolute atomic E-state index is 12.7. The number of likely N-dealkylation sites (N-methyl/N-ethyl adjacent to an activating group) is 1. The molecule has 2 aromatic rings. The van der Waals surface area contributed by atoms with Crippen LogP contribution in [-0.2, 0) is 10.0 Å². The van der Waals surface area contributed by atoms with Gasteiger partial charge in [0.2, 0.25) is 10.0 Å². The largest absolute Gasteiger partial charge is 0.497 e. The van der Waals surface area contributed by atoms with Crippen LogP contribution < -0.4 is 9.46 Å². The first kappa shape index (κ1) is 19.4. The topological polar surface area (TPSA) is 58.6 Å². The lowest BCUT2D eigenvalue weighted by molar-refractivity contribution is 0.298. The molecular weight excluding hydrogens is 336 g/mol. The number of sulfonamides is 1. The van der Waals surface area contributed by atoms with Crippen LogP contribution in [0.1, 0.15) is 22.7 Å². The van der Waals surface area contributed by atoms with Gasteiger partial charge in [0.25, 0.3) is 0 Å². The summed E-state index contributed by atoms with van der Waals surface area (Å²) in [5, 5.41) is 0. The van der Waals surface area contributed by atoms with E-state index in [9.17, 15) is 8.42 Å². The summed E-state index contributed by atoms with van der Waals surface area (Å²) in [5.41, 5.74) is 2.65. The van der Waals surface area contributed by atoms with Crippen LogP contribution in [0.4, 0.5) is 0 Å². The summed E-state index contributed by atoms with van der Waals surface area (Å²) in [5.74, 6) is 0.752.